The number of fused-ring (bicyclic) bond motifs is 1. The van der Waals surface area contributed by atoms with Crippen molar-refractivity contribution in [2.45, 2.75) is 32.6 Å². The number of carbonyl (C=O) groups excluding carboxylic acids is 1. The van der Waals surface area contributed by atoms with Gasteiger partial charge < -0.3 is 5.32 Å². The van der Waals surface area contributed by atoms with Crippen LogP contribution in [0.4, 0.5) is 10.7 Å². The summed E-state index contributed by atoms with van der Waals surface area (Å²) in [5.74, 6) is 0.281. The number of benzene rings is 1. The van der Waals surface area contributed by atoms with E-state index >= 15 is 0 Å². The van der Waals surface area contributed by atoms with Gasteiger partial charge in [0.1, 0.15) is 11.1 Å². The van der Waals surface area contributed by atoms with E-state index in [4.69, 9.17) is 0 Å². The Bertz CT molecular complexity index is 956. The zero-order chi connectivity index (χ0) is 19.4. The molecule has 0 saturated carbocycles. The van der Waals surface area contributed by atoms with Gasteiger partial charge in [-0.1, -0.05) is 25.5 Å². The van der Waals surface area contributed by atoms with Crippen LogP contribution in [0.3, 0.4) is 0 Å². The molecule has 0 unspecified atom stereocenters. The Labute approximate surface area is 161 Å². The fraction of sp³-hybridized carbons (Fsp3) is 0.300. The number of hydrogen-bond acceptors (Lipinski definition) is 5. The summed E-state index contributed by atoms with van der Waals surface area (Å²) in [6, 6.07) is 8.29. The van der Waals surface area contributed by atoms with Crippen molar-refractivity contribution in [3.05, 3.63) is 62.0 Å². The fourth-order valence-electron chi connectivity index (χ4n) is 3.28. The van der Waals surface area contributed by atoms with E-state index in [0.29, 0.717) is 22.0 Å². The molecule has 1 aliphatic rings. The number of thiophene rings is 1. The molecule has 7 heteroatoms. The normalized spacial score (nSPS) is 15.9. The largest absolute Gasteiger partial charge is 0.313 e. The van der Waals surface area contributed by atoms with Crippen molar-refractivity contribution < 1.29 is 9.72 Å². The minimum absolute atomic E-state index is 0.0271. The molecule has 3 rings (SSSR count). The average Bonchev–Trinajstić information content (AvgIpc) is 3.02. The molecule has 0 saturated heterocycles. The molecule has 2 aromatic rings. The maximum absolute atomic E-state index is 12.3. The number of carbonyl (C=O) groups is 1. The van der Waals surface area contributed by atoms with Gasteiger partial charge in [0.2, 0.25) is 5.91 Å². The molecule has 1 amide bonds. The first-order valence-electron chi connectivity index (χ1n) is 8.80. The van der Waals surface area contributed by atoms with Crippen molar-refractivity contribution in [3.63, 3.8) is 0 Å². The molecule has 0 spiro atoms. The number of hydrogen-bond donors (Lipinski definition) is 1. The van der Waals surface area contributed by atoms with Gasteiger partial charge in [-0.3, -0.25) is 14.9 Å². The Hall–Kier alpha value is -2.98. The third-order valence-corrected chi connectivity index (χ3v) is 5.97. The molecule has 0 aliphatic heterocycles. The number of rotatable bonds is 5. The number of non-ortho nitro benzene ring substituents is 1. The third-order valence-electron chi connectivity index (χ3n) is 4.80. The van der Waals surface area contributed by atoms with Gasteiger partial charge in [0.15, 0.2) is 0 Å². The van der Waals surface area contributed by atoms with E-state index in [0.717, 1.165) is 31.2 Å². The Balaban J connectivity index is 1.75. The topological polar surface area (TPSA) is 96.0 Å². The van der Waals surface area contributed by atoms with Crippen LogP contribution in [0.2, 0.25) is 0 Å². The van der Waals surface area contributed by atoms with Gasteiger partial charge in [-0.25, -0.2) is 0 Å². The summed E-state index contributed by atoms with van der Waals surface area (Å²) in [5, 5.41) is 23.7. The van der Waals surface area contributed by atoms with Crippen molar-refractivity contribution in [2.75, 3.05) is 5.32 Å². The number of nitrogens with one attached hydrogen (secondary N) is 1. The van der Waals surface area contributed by atoms with Crippen LogP contribution in [0.25, 0.3) is 6.08 Å². The van der Waals surface area contributed by atoms with E-state index in [1.165, 1.54) is 40.5 Å². The summed E-state index contributed by atoms with van der Waals surface area (Å²) in [6.07, 6.45) is 6.89. The standard InChI is InChI=1S/C20H19N3O3S/c1-2-13-6-8-16-17(12-21)20(27-18(16)11-13)22-19(24)9-7-14-4-3-5-15(10-14)23(25)26/h3-5,7,9-10,13H,2,6,8,11H2,1H3,(H,22,24)/b9-7-/t13-/m1/s1. The smallest absolute Gasteiger partial charge is 0.270 e. The van der Waals surface area contributed by atoms with Crippen LogP contribution in [0.15, 0.2) is 30.3 Å². The molecule has 27 heavy (non-hydrogen) atoms. The Morgan fingerprint density at radius 1 is 1.52 bits per heavy atom. The highest BCUT2D eigenvalue weighted by Crippen LogP contribution is 2.40. The summed E-state index contributed by atoms with van der Waals surface area (Å²) < 4.78 is 0. The van der Waals surface area contributed by atoms with Crippen LogP contribution in [-0.4, -0.2) is 10.8 Å². The number of nitrogens with zero attached hydrogens (tertiary/aromatic N) is 2. The summed E-state index contributed by atoms with van der Waals surface area (Å²) in [7, 11) is 0. The molecule has 1 aromatic carbocycles. The van der Waals surface area contributed by atoms with Gasteiger partial charge >= 0.3 is 0 Å². The van der Waals surface area contributed by atoms with Gasteiger partial charge in [-0.2, -0.15) is 5.26 Å². The molecule has 0 radical (unpaired) electrons. The second kappa shape index (κ2) is 8.14. The molecular formula is C20H19N3O3S. The molecule has 6 nitrogen and oxygen atoms in total. The van der Waals surface area contributed by atoms with E-state index in [1.54, 1.807) is 12.1 Å². The molecule has 1 atom stereocenters. The number of nitriles is 1. The summed E-state index contributed by atoms with van der Waals surface area (Å²) in [6.45, 7) is 2.18. The number of amides is 1. The Kier molecular flexibility index (Phi) is 5.67. The molecule has 1 heterocycles. The maximum Gasteiger partial charge on any atom is 0.270 e. The van der Waals surface area contributed by atoms with E-state index in [9.17, 15) is 20.2 Å². The van der Waals surface area contributed by atoms with Gasteiger partial charge in [0, 0.05) is 23.1 Å². The van der Waals surface area contributed by atoms with E-state index in [-0.39, 0.29) is 11.6 Å². The van der Waals surface area contributed by atoms with Crippen LogP contribution in [0.1, 0.15) is 41.3 Å². The molecular weight excluding hydrogens is 362 g/mol. The van der Waals surface area contributed by atoms with Crippen LogP contribution in [0.5, 0.6) is 0 Å². The number of nitro benzene ring substituents is 1. The first kappa shape index (κ1) is 18.8. The third kappa shape index (κ3) is 4.23. The van der Waals surface area contributed by atoms with Gasteiger partial charge in [-0.05, 0) is 42.4 Å². The monoisotopic (exact) mass is 381 g/mol. The van der Waals surface area contributed by atoms with Gasteiger partial charge in [-0.15, -0.1) is 11.3 Å². The number of anilines is 1. The van der Waals surface area contributed by atoms with Crippen LogP contribution in [0, 0.1) is 27.4 Å². The second-order valence-corrected chi connectivity index (χ2v) is 7.62. The lowest BCUT2D eigenvalue weighted by molar-refractivity contribution is -0.384. The van der Waals surface area contributed by atoms with E-state index in [1.807, 2.05) is 0 Å². The van der Waals surface area contributed by atoms with Crippen molar-refractivity contribution in [3.8, 4) is 6.07 Å². The lowest BCUT2D eigenvalue weighted by Crippen LogP contribution is -2.12. The highest BCUT2D eigenvalue weighted by molar-refractivity contribution is 7.16. The molecule has 0 bridgehead atoms. The van der Waals surface area contributed by atoms with Crippen molar-refractivity contribution >= 4 is 34.0 Å². The van der Waals surface area contributed by atoms with Gasteiger partial charge in [0.05, 0.1) is 10.5 Å². The van der Waals surface area contributed by atoms with Crippen molar-refractivity contribution in [1.82, 2.24) is 0 Å². The van der Waals surface area contributed by atoms with Crippen LogP contribution >= 0.6 is 11.3 Å². The van der Waals surface area contributed by atoms with Crippen LogP contribution in [-0.2, 0) is 17.6 Å². The number of nitro groups is 1. The Morgan fingerprint density at radius 2 is 2.33 bits per heavy atom. The van der Waals surface area contributed by atoms with Gasteiger partial charge in [0.25, 0.3) is 5.69 Å². The SMILES string of the molecule is CC[C@@H]1CCc2c(sc(NC(=O)/C=C\c3cccc([N+](=O)[O-])c3)c2C#N)C1. The average molecular weight is 381 g/mol. The maximum atomic E-state index is 12.3. The highest BCUT2D eigenvalue weighted by Gasteiger charge is 2.25. The molecule has 1 aromatic heterocycles. The summed E-state index contributed by atoms with van der Waals surface area (Å²) >= 11 is 1.48. The van der Waals surface area contributed by atoms with Crippen LogP contribution < -0.4 is 5.32 Å². The quantitative estimate of drug-likeness (QED) is 0.461. The minimum atomic E-state index is -0.476. The first-order chi connectivity index (χ1) is 13.0. The Morgan fingerprint density at radius 3 is 3.04 bits per heavy atom. The summed E-state index contributed by atoms with van der Waals surface area (Å²) in [4.78, 5) is 23.8. The summed E-state index contributed by atoms with van der Waals surface area (Å²) in [5.41, 5.74) is 2.18. The first-order valence-corrected chi connectivity index (χ1v) is 9.61. The lowest BCUT2D eigenvalue weighted by Gasteiger charge is -2.20. The fourth-order valence-corrected chi connectivity index (χ4v) is 4.59. The van der Waals surface area contributed by atoms with Crippen molar-refractivity contribution in [1.29, 1.82) is 5.26 Å². The van der Waals surface area contributed by atoms with E-state index < -0.39 is 4.92 Å². The predicted molar refractivity (Wildman–Crippen MR) is 106 cm³/mol. The molecule has 1 N–H and O–H groups in total. The molecule has 138 valence electrons. The predicted octanol–water partition coefficient (Wildman–Crippen LogP) is 4.69. The zero-order valence-electron chi connectivity index (χ0n) is 14.9. The zero-order valence-corrected chi connectivity index (χ0v) is 15.7. The second-order valence-electron chi connectivity index (χ2n) is 6.51. The van der Waals surface area contributed by atoms with E-state index in [2.05, 4.69) is 18.3 Å². The minimum Gasteiger partial charge on any atom is -0.313 e. The molecule has 0 fully saturated rings. The lowest BCUT2D eigenvalue weighted by atomic mass is 9.86. The highest BCUT2D eigenvalue weighted by atomic mass is 32.1. The molecule has 1 aliphatic carbocycles. The van der Waals surface area contributed by atoms with Crippen molar-refractivity contribution in [2.24, 2.45) is 5.92 Å².